The summed E-state index contributed by atoms with van der Waals surface area (Å²) in [6, 6.07) is 3.55. The van der Waals surface area contributed by atoms with Gasteiger partial charge in [0.25, 0.3) is 0 Å². The van der Waals surface area contributed by atoms with Gasteiger partial charge in [0, 0.05) is 13.0 Å². The first-order valence-corrected chi connectivity index (χ1v) is 7.96. The predicted molar refractivity (Wildman–Crippen MR) is 81.9 cm³/mol. The van der Waals surface area contributed by atoms with Crippen molar-refractivity contribution in [2.75, 3.05) is 6.54 Å². The van der Waals surface area contributed by atoms with Crippen LogP contribution in [0.15, 0.2) is 35.0 Å². The van der Waals surface area contributed by atoms with Crippen molar-refractivity contribution in [2.24, 2.45) is 11.8 Å². The van der Waals surface area contributed by atoms with Crippen LogP contribution >= 0.6 is 0 Å². The number of fused-ring (bicyclic) bond motifs is 1. The molecule has 1 aliphatic carbocycles. The second-order valence-corrected chi connectivity index (χ2v) is 5.94. The summed E-state index contributed by atoms with van der Waals surface area (Å²) in [5, 5.41) is 2.75. The van der Waals surface area contributed by atoms with Gasteiger partial charge in [-0.3, -0.25) is 19.3 Å². The molecular weight excluding hydrogens is 296 g/mol. The summed E-state index contributed by atoms with van der Waals surface area (Å²) < 4.78 is 5.13. The Balaban J connectivity index is 1.42. The van der Waals surface area contributed by atoms with E-state index in [9.17, 15) is 14.4 Å². The molecule has 0 aromatic carbocycles. The van der Waals surface area contributed by atoms with E-state index < -0.39 is 0 Å². The Morgan fingerprint density at radius 2 is 1.91 bits per heavy atom. The molecule has 0 bridgehead atoms. The van der Waals surface area contributed by atoms with Crippen molar-refractivity contribution in [2.45, 2.75) is 32.2 Å². The number of carbonyl (C=O) groups excluding carboxylic acids is 3. The molecule has 0 saturated carbocycles. The van der Waals surface area contributed by atoms with Gasteiger partial charge in [-0.25, -0.2) is 0 Å². The van der Waals surface area contributed by atoms with Crippen molar-refractivity contribution in [3.63, 3.8) is 0 Å². The summed E-state index contributed by atoms with van der Waals surface area (Å²) in [6.07, 6.45) is 7.56. The SMILES string of the molecule is O=C(CCCN1C(=O)[C@H]2CC=CC[C@H]2C1=O)NCc1ccco1. The van der Waals surface area contributed by atoms with Crippen LogP contribution in [-0.2, 0) is 20.9 Å². The third kappa shape index (κ3) is 3.36. The zero-order valence-corrected chi connectivity index (χ0v) is 12.9. The minimum Gasteiger partial charge on any atom is -0.467 e. The van der Waals surface area contributed by atoms with E-state index >= 15 is 0 Å². The second-order valence-electron chi connectivity index (χ2n) is 5.94. The number of carbonyl (C=O) groups is 3. The lowest BCUT2D eigenvalue weighted by Gasteiger charge is -2.14. The lowest BCUT2D eigenvalue weighted by atomic mass is 9.85. The van der Waals surface area contributed by atoms with Gasteiger partial charge in [0.2, 0.25) is 17.7 Å². The molecule has 6 heteroatoms. The summed E-state index contributed by atoms with van der Waals surface area (Å²) in [4.78, 5) is 37.6. The van der Waals surface area contributed by atoms with Crippen LogP contribution in [0.2, 0.25) is 0 Å². The number of hydrogen-bond donors (Lipinski definition) is 1. The van der Waals surface area contributed by atoms with E-state index in [1.807, 2.05) is 12.2 Å². The third-order valence-corrected chi connectivity index (χ3v) is 4.42. The first kappa shape index (κ1) is 15.5. The molecule has 0 spiro atoms. The van der Waals surface area contributed by atoms with Crippen molar-refractivity contribution in [1.82, 2.24) is 10.2 Å². The second kappa shape index (κ2) is 6.81. The monoisotopic (exact) mass is 316 g/mol. The van der Waals surface area contributed by atoms with E-state index in [4.69, 9.17) is 4.42 Å². The Bertz CT molecular complexity index is 595. The summed E-state index contributed by atoms with van der Waals surface area (Å²) >= 11 is 0. The van der Waals surface area contributed by atoms with Gasteiger partial charge < -0.3 is 9.73 Å². The van der Waals surface area contributed by atoms with Crippen LogP contribution in [-0.4, -0.2) is 29.2 Å². The highest BCUT2D eigenvalue weighted by Crippen LogP contribution is 2.35. The first-order valence-electron chi connectivity index (χ1n) is 7.96. The van der Waals surface area contributed by atoms with Crippen LogP contribution in [0.4, 0.5) is 0 Å². The largest absolute Gasteiger partial charge is 0.467 e. The molecule has 1 N–H and O–H groups in total. The molecule has 3 rings (SSSR count). The zero-order valence-electron chi connectivity index (χ0n) is 12.9. The molecule has 2 aliphatic rings. The van der Waals surface area contributed by atoms with Gasteiger partial charge in [0.15, 0.2) is 0 Å². The Morgan fingerprint density at radius 1 is 1.22 bits per heavy atom. The molecule has 0 unspecified atom stereocenters. The topological polar surface area (TPSA) is 79.6 Å². The fourth-order valence-corrected chi connectivity index (χ4v) is 3.17. The number of amides is 3. The van der Waals surface area contributed by atoms with Crippen LogP contribution in [0.5, 0.6) is 0 Å². The Kier molecular flexibility index (Phi) is 4.60. The van der Waals surface area contributed by atoms with Crippen LogP contribution < -0.4 is 5.32 Å². The van der Waals surface area contributed by atoms with E-state index in [2.05, 4.69) is 5.32 Å². The maximum atomic E-state index is 12.3. The molecule has 2 atom stereocenters. The number of imide groups is 1. The molecule has 1 aromatic rings. The van der Waals surface area contributed by atoms with Crippen LogP contribution in [0, 0.1) is 11.8 Å². The molecule has 0 radical (unpaired) electrons. The van der Waals surface area contributed by atoms with E-state index in [1.165, 1.54) is 4.90 Å². The van der Waals surface area contributed by atoms with Crippen molar-refractivity contribution in [3.8, 4) is 0 Å². The van der Waals surface area contributed by atoms with E-state index in [0.29, 0.717) is 38.1 Å². The summed E-state index contributed by atoms with van der Waals surface area (Å²) in [5.41, 5.74) is 0. The average Bonchev–Trinajstić information content (AvgIpc) is 3.16. The van der Waals surface area contributed by atoms with E-state index in [-0.39, 0.29) is 36.0 Å². The van der Waals surface area contributed by atoms with E-state index in [0.717, 1.165) is 0 Å². The predicted octanol–water partition coefficient (Wildman–Crippen LogP) is 1.63. The van der Waals surface area contributed by atoms with Gasteiger partial charge in [-0.15, -0.1) is 0 Å². The highest BCUT2D eigenvalue weighted by Gasteiger charge is 2.46. The zero-order chi connectivity index (χ0) is 16.2. The maximum Gasteiger partial charge on any atom is 0.233 e. The van der Waals surface area contributed by atoms with Gasteiger partial charge in [-0.1, -0.05) is 12.2 Å². The summed E-state index contributed by atoms with van der Waals surface area (Å²) in [7, 11) is 0. The fraction of sp³-hybridized carbons (Fsp3) is 0.471. The van der Waals surface area contributed by atoms with Crippen LogP contribution in [0.25, 0.3) is 0 Å². The highest BCUT2D eigenvalue weighted by molar-refractivity contribution is 6.05. The molecule has 23 heavy (non-hydrogen) atoms. The van der Waals surface area contributed by atoms with Gasteiger partial charge >= 0.3 is 0 Å². The third-order valence-electron chi connectivity index (χ3n) is 4.42. The Labute approximate surface area is 134 Å². The lowest BCUT2D eigenvalue weighted by molar-refractivity contribution is -0.140. The van der Waals surface area contributed by atoms with Crippen LogP contribution in [0.1, 0.15) is 31.4 Å². The molecule has 1 aliphatic heterocycles. The van der Waals surface area contributed by atoms with Gasteiger partial charge in [0.05, 0.1) is 24.6 Å². The molecule has 6 nitrogen and oxygen atoms in total. The number of likely N-dealkylation sites (tertiary alicyclic amines) is 1. The lowest BCUT2D eigenvalue weighted by Crippen LogP contribution is -2.33. The highest BCUT2D eigenvalue weighted by atomic mass is 16.3. The molecule has 1 aromatic heterocycles. The number of allylic oxidation sites excluding steroid dienone is 2. The first-order chi connectivity index (χ1) is 11.2. The molecule has 2 heterocycles. The maximum absolute atomic E-state index is 12.3. The Hall–Kier alpha value is -2.37. The minimum atomic E-state index is -0.194. The number of hydrogen-bond acceptors (Lipinski definition) is 4. The fourth-order valence-electron chi connectivity index (χ4n) is 3.17. The molecule has 1 fully saturated rings. The molecular formula is C17H20N2O4. The van der Waals surface area contributed by atoms with Gasteiger partial charge in [0.1, 0.15) is 5.76 Å². The number of furan rings is 1. The Morgan fingerprint density at radius 3 is 2.52 bits per heavy atom. The summed E-state index contributed by atoms with van der Waals surface area (Å²) in [5.74, 6) is 0.0284. The minimum absolute atomic E-state index is 0.0830. The van der Waals surface area contributed by atoms with E-state index in [1.54, 1.807) is 18.4 Å². The van der Waals surface area contributed by atoms with Crippen molar-refractivity contribution in [1.29, 1.82) is 0 Å². The van der Waals surface area contributed by atoms with Crippen molar-refractivity contribution in [3.05, 3.63) is 36.3 Å². The van der Waals surface area contributed by atoms with Crippen molar-refractivity contribution >= 4 is 17.7 Å². The summed E-state index contributed by atoms with van der Waals surface area (Å²) in [6.45, 7) is 0.669. The number of rotatable bonds is 6. The molecule has 1 saturated heterocycles. The molecule has 3 amide bonds. The smallest absolute Gasteiger partial charge is 0.233 e. The standard InChI is InChI=1S/C17H20N2O4/c20-15(18-11-12-5-4-10-23-12)8-3-9-19-16(21)13-6-1-2-7-14(13)17(19)22/h1-2,4-5,10,13-14H,3,6-9,11H2,(H,18,20)/t13-,14+. The average molecular weight is 316 g/mol. The number of nitrogens with one attached hydrogen (secondary N) is 1. The number of nitrogens with zero attached hydrogens (tertiary/aromatic N) is 1. The normalized spacial score (nSPS) is 23.2. The van der Waals surface area contributed by atoms with Crippen molar-refractivity contribution < 1.29 is 18.8 Å². The molecule has 122 valence electrons. The van der Waals surface area contributed by atoms with Gasteiger partial charge in [-0.2, -0.15) is 0 Å². The quantitative estimate of drug-likeness (QED) is 0.639. The van der Waals surface area contributed by atoms with Gasteiger partial charge in [-0.05, 0) is 31.4 Å². The van der Waals surface area contributed by atoms with Crippen LogP contribution in [0.3, 0.4) is 0 Å².